The Hall–Kier alpha value is -2.36. The number of sulfonamides is 1. The number of carbonyl (C=O) groups is 1. The molecule has 0 aliphatic rings. The summed E-state index contributed by atoms with van der Waals surface area (Å²) in [6.07, 6.45) is 0.675. The van der Waals surface area contributed by atoms with Gasteiger partial charge in [0, 0.05) is 6.54 Å². The first-order valence-electron chi connectivity index (χ1n) is 9.35. The third-order valence-electron chi connectivity index (χ3n) is 4.57. The van der Waals surface area contributed by atoms with Gasteiger partial charge in [-0.25, -0.2) is 8.42 Å². The molecule has 2 N–H and O–H groups in total. The van der Waals surface area contributed by atoms with Crippen LogP contribution in [0.4, 0.5) is 0 Å². The highest BCUT2D eigenvalue weighted by Crippen LogP contribution is 2.21. The number of hydrogen-bond acceptors (Lipinski definition) is 6. The van der Waals surface area contributed by atoms with Crippen LogP contribution in [0.2, 0.25) is 0 Å². The van der Waals surface area contributed by atoms with Crippen molar-refractivity contribution >= 4 is 38.7 Å². The number of fused-ring (bicyclic) bond motifs is 1. The quantitative estimate of drug-likeness (QED) is 0.570. The summed E-state index contributed by atoms with van der Waals surface area (Å²) in [5.41, 5.74) is 3.11. The van der Waals surface area contributed by atoms with E-state index in [4.69, 9.17) is 0 Å². The van der Waals surface area contributed by atoms with Crippen LogP contribution < -0.4 is 10.0 Å². The number of aryl methyl sites for hydroxylation is 1. The molecule has 2 aromatic carbocycles. The van der Waals surface area contributed by atoms with E-state index in [0.717, 1.165) is 22.9 Å². The smallest absolute Gasteiger partial charge is 0.243 e. The van der Waals surface area contributed by atoms with Crippen molar-refractivity contribution in [2.24, 2.45) is 5.92 Å². The van der Waals surface area contributed by atoms with E-state index in [2.05, 4.69) is 24.9 Å². The van der Waals surface area contributed by atoms with Crippen LogP contribution in [-0.2, 0) is 21.2 Å². The third-order valence-corrected chi connectivity index (χ3v) is 6.58. The lowest BCUT2D eigenvalue weighted by Crippen LogP contribution is -2.50. The lowest BCUT2D eigenvalue weighted by molar-refractivity contribution is -0.123. The molecule has 0 saturated carbocycles. The van der Waals surface area contributed by atoms with Crippen molar-refractivity contribution in [1.29, 1.82) is 0 Å². The van der Waals surface area contributed by atoms with Crippen LogP contribution in [0.25, 0.3) is 11.0 Å². The first-order chi connectivity index (χ1) is 13.8. The van der Waals surface area contributed by atoms with E-state index in [9.17, 15) is 13.2 Å². The summed E-state index contributed by atoms with van der Waals surface area (Å²) in [5.74, 6) is -0.573. The van der Waals surface area contributed by atoms with E-state index in [1.807, 2.05) is 25.1 Å². The molecule has 1 amide bonds. The molecule has 7 nitrogen and oxygen atoms in total. The Labute approximate surface area is 174 Å². The molecule has 0 aliphatic carbocycles. The molecule has 154 valence electrons. The first kappa shape index (κ1) is 21.4. The van der Waals surface area contributed by atoms with Crippen LogP contribution in [0.3, 0.4) is 0 Å². The van der Waals surface area contributed by atoms with Gasteiger partial charge >= 0.3 is 0 Å². The van der Waals surface area contributed by atoms with Gasteiger partial charge in [-0.3, -0.25) is 4.79 Å². The highest BCUT2D eigenvalue weighted by atomic mass is 32.2. The Bertz CT molecular complexity index is 1110. The van der Waals surface area contributed by atoms with Crippen LogP contribution in [-0.4, -0.2) is 35.7 Å². The van der Waals surface area contributed by atoms with Crippen molar-refractivity contribution in [1.82, 2.24) is 18.8 Å². The maximum Gasteiger partial charge on any atom is 0.243 e. The van der Waals surface area contributed by atoms with E-state index in [1.165, 1.54) is 6.07 Å². The molecular formula is C20H24N4O3S2. The molecule has 3 aromatic rings. The molecule has 9 heteroatoms. The number of rotatable bonds is 8. The number of nitrogens with one attached hydrogen (secondary N) is 2. The fourth-order valence-corrected chi connectivity index (χ4v) is 5.14. The maximum absolute atomic E-state index is 12.9. The summed E-state index contributed by atoms with van der Waals surface area (Å²) in [7, 11) is -3.94. The van der Waals surface area contributed by atoms with E-state index < -0.39 is 16.1 Å². The number of nitrogens with zero attached hydrogens (tertiary/aromatic N) is 2. The van der Waals surface area contributed by atoms with Gasteiger partial charge in [-0.05, 0) is 37.0 Å². The number of aromatic nitrogens is 2. The number of carbonyl (C=O) groups excluding carboxylic acids is 1. The summed E-state index contributed by atoms with van der Waals surface area (Å²) >= 11 is 0.953. The summed E-state index contributed by atoms with van der Waals surface area (Å²) in [5, 5.41) is 2.85. The van der Waals surface area contributed by atoms with Crippen molar-refractivity contribution in [3.05, 3.63) is 53.6 Å². The monoisotopic (exact) mass is 432 g/mol. The van der Waals surface area contributed by atoms with E-state index >= 15 is 0 Å². The van der Waals surface area contributed by atoms with Crippen molar-refractivity contribution in [3.8, 4) is 0 Å². The average molecular weight is 433 g/mol. The van der Waals surface area contributed by atoms with Gasteiger partial charge in [0.25, 0.3) is 0 Å². The number of hydrogen-bond donors (Lipinski definition) is 2. The fourth-order valence-electron chi connectivity index (χ4n) is 3.03. The zero-order valence-electron chi connectivity index (χ0n) is 16.5. The normalized spacial score (nSPS) is 13.0. The third kappa shape index (κ3) is 5.17. The van der Waals surface area contributed by atoms with Crippen LogP contribution in [0.15, 0.2) is 47.4 Å². The molecule has 0 spiro atoms. The Kier molecular flexibility index (Phi) is 6.61. The molecule has 0 fully saturated rings. The Morgan fingerprint density at radius 3 is 2.62 bits per heavy atom. The minimum Gasteiger partial charge on any atom is -0.354 e. The average Bonchev–Trinajstić information content (AvgIpc) is 3.14. The highest BCUT2D eigenvalue weighted by molar-refractivity contribution is 7.89. The topological polar surface area (TPSA) is 101 Å². The van der Waals surface area contributed by atoms with E-state index in [-0.39, 0.29) is 16.7 Å². The Morgan fingerprint density at radius 2 is 1.90 bits per heavy atom. The molecule has 0 bridgehead atoms. The minimum absolute atomic E-state index is 0.0296. The molecule has 1 aromatic heterocycles. The lowest BCUT2D eigenvalue weighted by Gasteiger charge is -2.21. The molecule has 1 unspecified atom stereocenters. The molecule has 0 aliphatic heterocycles. The molecular weight excluding hydrogens is 408 g/mol. The van der Waals surface area contributed by atoms with Gasteiger partial charge < -0.3 is 5.32 Å². The second kappa shape index (κ2) is 8.98. The Balaban J connectivity index is 1.70. The van der Waals surface area contributed by atoms with Crippen molar-refractivity contribution in [3.63, 3.8) is 0 Å². The molecule has 1 atom stereocenters. The molecule has 1 heterocycles. The number of amides is 1. The predicted octanol–water partition coefficient (Wildman–Crippen LogP) is 2.66. The summed E-state index contributed by atoms with van der Waals surface area (Å²) in [6.45, 7) is 6.06. The highest BCUT2D eigenvalue weighted by Gasteiger charge is 2.29. The largest absolute Gasteiger partial charge is 0.354 e. The van der Waals surface area contributed by atoms with Gasteiger partial charge in [0.1, 0.15) is 22.0 Å². The van der Waals surface area contributed by atoms with Gasteiger partial charge in [-0.15, -0.1) is 0 Å². The summed E-state index contributed by atoms with van der Waals surface area (Å²) in [6, 6.07) is 12.0. The molecule has 0 saturated heterocycles. The second-order valence-electron chi connectivity index (χ2n) is 7.26. The SMILES string of the molecule is Cc1cccc(CCNC(=O)C(NS(=O)(=O)c2cccc3nsnc23)C(C)C)c1. The summed E-state index contributed by atoms with van der Waals surface area (Å²) in [4.78, 5) is 12.7. The number of benzene rings is 2. The van der Waals surface area contributed by atoms with Crippen LogP contribution in [0.1, 0.15) is 25.0 Å². The zero-order valence-corrected chi connectivity index (χ0v) is 18.2. The first-order valence-corrected chi connectivity index (χ1v) is 11.6. The van der Waals surface area contributed by atoms with Gasteiger partial charge in [0.15, 0.2) is 0 Å². The van der Waals surface area contributed by atoms with Crippen molar-refractivity contribution in [2.75, 3.05) is 6.54 Å². The lowest BCUT2D eigenvalue weighted by atomic mass is 10.0. The van der Waals surface area contributed by atoms with E-state index in [0.29, 0.717) is 24.0 Å². The second-order valence-corrected chi connectivity index (χ2v) is 9.47. The Morgan fingerprint density at radius 1 is 1.14 bits per heavy atom. The van der Waals surface area contributed by atoms with Crippen LogP contribution >= 0.6 is 11.7 Å². The van der Waals surface area contributed by atoms with Gasteiger partial charge in [-0.2, -0.15) is 13.5 Å². The fraction of sp³-hybridized carbons (Fsp3) is 0.350. The van der Waals surface area contributed by atoms with Gasteiger partial charge in [0.2, 0.25) is 15.9 Å². The maximum atomic E-state index is 12.9. The van der Waals surface area contributed by atoms with Crippen molar-refractivity contribution in [2.45, 2.75) is 38.1 Å². The zero-order chi connectivity index (χ0) is 21.0. The van der Waals surface area contributed by atoms with E-state index in [1.54, 1.807) is 26.0 Å². The molecule has 3 rings (SSSR count). The van der Waals surface area contributed by atoms with Gasteiger partial charge in [0.05, 0.1) is 11.7 Å². The minimum atomic E-state index is -3.94. The predicted molar refractivity (Wildman–Crippen MR) is 114 cm³/mol. The summed E-state index contributed by atoms with van der Waals surface area (Å²) < 4.78 is 36.6. The molecule has 29 heavy (non-hydrogen) atoms. The van der Waals surface area contributed by atoms with Crippen molar-refractivity contribution < 1.29 is 13.2 Å². The standard InChI is InChI=1S/C20H24N4O3S2/c1-13(2)18(20(25)21-11-10-15-7-4-6-14(3)12-15)24-29(26,27)17-9-5-8-16-19(17)23-28-22-16/h4-9,12-13,18,24H,10-11H2,1-3H3,(H,21,25). The molecule has 0 radical (unpaired) electrons. The van der Waals surface area contributed by atoms with Gasteiger partial charge in [-0.1, -0.05) is 49.7 Å². The van der Waals surface area contributed by atoms with Crippen LogP contribution in [0, 0.1) is 12.8 Å². The van der Waals surface area contributed by atoms with Crippen LogP contribution in [0.5, 0.6) is 0 Å².